The number of hydrogen-bond acceptors (Lipinski definition) is 4. The first-order valence-corrected chi connectivity index (χ1v) is 5.76. The fraction of sp³-hybridized carbons (Fsp3) is 0.700. The lowest BCUT2D eigenvalue weighted by atomic mass is 10.2. The molecule has 0 amide bonds. The summed E-state index contributed by atoms with van der Waals surface area (Å²) in [5.74, 6) is 0.527. The highest BCUT2D eigenvalue weighted by Gasteiger charge is 2.04. The van der Waals surface area contributed by atoms with Crippen molar-refractivity contribution in [3.8, 4) is 0 Å². The van der Waals surface area contributed by atoms with Crippen molar-refractivity contribution in [1.82, 2.24) is 10.3 Å². The zero-order valence-corrected chi connectivity index (χ0v) is 9.86. The van der Waals surface area contributed by atoms with Crippen LogP contribution in [0, 0.1) is 0 Å². The van der Waals surface area contributed by atoms with Crippen molar-refractivity contribution < 1.29 is 4.74 Å². The van der Waals surface area contributed by atoms with Crippen molar-refractivity contribution in [1.29, 1.82) is 0 Å². The molecule has 0 aromatic carbocycles. The van der Waals surface area contributed by atoms with Gasteiger partial charge in [0, 0.05) is 25.6 Å². The van der Waals surface area contributed by atoms with Crippen LogP contribution in [0.1, 0.15) is 30.5 Å². The molecule has 0 bridgehead atoms. The van der Waals surface area contributed by atoms with Gasteiger partial charge in [0.1, 0.15) is 5.01 Å². The summed E-state index contributed by atoms with van der Waals surface area (Å²) in [5, 5.41) is 6.57. The average Bonchev–Trinajstić information content (AvgIpc) is 2.61. The summed E-state index contributed by atoms with van der Waals surface area (Å²) >= 11 is 1.72. The van der Waals surface area contributed by atoms with Gasteiger partial charge in [-0.15, -0.1) is 11.3 Å². The van der Waals surface area contributed by atoms with Gasteiger partial charge in [0.05, 0.1) is 12.3 Å². The number of aromatic nitrogens is 1. The zero-order valence-electron chi connectivity index (χ0n) is 9.04. The molecule has 1 aromatic heterocycles. The van der Waals surface area contributed by atoms with E-state index in [4.69, 9.17) is 4.74 Å². The fourth-order valence-corrected chi connectivity index (χ4v) is 1.97. The first kappa shape index (κ1) is 11.6. The maximum absolute atomic E-state index is 4.94. The maximum Gasteiger partial charge on any atom is 0.107 e. The number of ether oxygens (including phenoxy) is 1. The van der Waals surface area contributed by atoms with Crippen LogP contribution in [0.25, 0.3) is 0 Å². The largest absolute Gasteiger partial charge is 0.383 e. The Labute approximate surface area is 89.5 Å². The van der Waals surface area contributed by atoms with Crippen molar-refractivity contribution >= 4 is 11.3 Å². The molecule has 0 saturated heterocycles. The van der Waals surface area contributed by atoms with Gasteiger partial charge in [-0.25, -0.2) is 4.98 Å². The van der Waals surface area contributed by atoms with Crippen LogP contribution in [0.5, 0.6) is 0 Å². The Morgan fingerprint density at radius 2 is 2.36 bits per heavy atom. The molecule has 14 heavy (non-hydrogen) atoms. The minimum absolute atomic E-state index is 0.527. The summed E-state index contributed by atoms with van der Waals surface area (Å²) in [7, 11) is 1.71. The van der Waals surface area contributed by atoms with Gasteiger partial charge in [-0.3, -0.25) is 0 Å². The molecule has 0 aliphatic carbocycles. The number of nitrogens with zero attached hydrogens (tertiary/aromatic N) is 1. The molecular weight excluding hydrogens is 196 g/mol. The molecule has 1 rings (SSSR count). The SMILES string of the molecule is COCCNCc1nc(C(C)C)cs1. The van der Waals surface area contributed by atoms with E-state index >= 15 is 0 Å². The highest BCUT2D eigenvalue weighted by atomic mass is 32.1. The van der Waals surface area contributed by atoms with Gasteiger partial charge >= 0.3 is 0 Å². The smallest absolute Gasteiger partial charge is 0.107 e. The molecule has 3 nitrogen and oxygen atoms in total. The Morgan fingerprint density at radius 1 is 1.57 bits per heavy atom. The molecule has 0 unspecified atom stereocenters. The second kappa shape index (κ2) is 6.11. The Hall–Kier alpha value is -0.450. The Morgan fingerprint density at radius 3 is 2.93 bits per heavy atom. The summed E-state index contributed by atoms with van der Waals surface area (Å²) in [6.45, 7) is 6.81. The summed E-state index contributed by atoms with van der Waals surface area (Å²) in [6, 6.07) is 0. The molecule has 0 spiro atoms. The van der Waals surface area contributed by atoms with Crippen LogP contribution >= 0.6 is 11.3 Å². The highest BCUT2D eigenvalue weighted by Crippen LogP contribution is 2.17. The molecule has 1 aromatic rings. The third kappa shape index (κ3) is 3.74. The molecule has 0 radical (unpaired) electrons. The quantitative estimate of drug-likeness (QED) is 0.735. The predicted molar refractivity (Wildman–Crippen MR) is 59.8 cm³/mol. The molecule has 4 heteroatoms. The lowest BCUT2D eigenvalue weighted by molar-refractivity contribution is 0.199. The number of rotatable bonds is 6. The monoisotopic (exact) mass is 214 g/mol. The van der Waals surface area contributed by atoms with E-state index in [-0.39, 0.29) is 0 Å². The molecule has 1 N–H and O–H groups in total. The average molecular weight is 214 g/mol. The van der Waals surface area contributed by atoms with Gasteiger partial charge in [0.25, 0.3) is 0 Å². The van der Waals surface area contributed by atoms with Gasteiger partial charge in [-0.05, 0) is 5.92 Å². The van der Waals surface area contributed by atoms with Crippen LogP contribution in [-0.4, -0.2) is 25.2 Å². The van der Waals surface area contributed by atoms with Crippen LogP contribution in [0.2, 0.25) is 0 Å². The minimum atomic E-state index is 0.527. The predicted octanol–water partition coefficient (Wildman–Crippen LogP) is 2.00. The Kier molecular flexibility index (Phi) is 5.07. The first-order valence-electron chi connectivity index (χ1n) is 4.88. The Bertz CT molecular complexity index is 260. The number of thiazole rings is 1. The number of hydrogen-bond donors (Lipinski definition) is 1. The van der Waals surface area contributed by atoms with Crippen molar-refractivity contribution in [3.63, 3.8) is 0 Å². The number of nitrogens with one attached hydrogen (secondary N) is 1. The maximum atomic E-state index is 4.94. The second-order valence-electron chi connectivity index (χ2n) is 3.49. The summed E-state index contributed by atoms with van der Waals surface area (Å²) in [6.07, 6.45) is 0. The topological polar surface area (TPSA) is 34.1 Å². The molecule has 0 fully saturated rings. The molecule has 0 saturated carbocycles. The fourth-order valence-electron chi connectivity index (χ4n) is 1.04. The summed E-state index contributed by atoms with van der Waals surface area (Å²) < 4.78 is 4.94. The normalized spacial score (nSPS) is 11.1. The van der Waals surface area contributed by atoms with E-state index in [0.717, 1.165) is 24.7 Å². The third-order valence-electron chi connectivity index (χ3n) is 1.92. The standard InChI is InChI=1S/C10H18N2OS/c1-8(2)9-7-14-10(12-9)6-11-4-5-13-3/h7-8,11H,4-6H2,1-3H3. The molecule has 80 valence electrons. The van der Waals surface area contributed by atoms with E-state index in [0.29, 0.717) is 5.92 Å². The molecule has 0 atom stereocenters. The van der Waals surface area contributed by atoms with E-state index in [9.17, 15) is 0 Å². The second-order valence-corrected chi connectivity index (χ2v) is 4.43. The molecule has 1 heterocycles. The molecule has 0 aliphatic heterocycles. The van der Waals surface area contributed by atoms with E-state index in [2.05, 4.69) is 29.5 Å². The van der Waals surface area contributed by atoms with Crippen molar-refractivity contribution in [2.45, 2.75) is 26.3 Å². The van der Waals surface area contributed by atoms with Gasteiger partial charge in [-0.1, -0.05) is 13.8 Å². The summed E-state index contributed by atoms with van der Waals surface area (Å²) in [5.41, 5.74) is 1.19. The third-order valence-corrected chi connectivity index (χ3v) is 2.79. The van der Waals surface area contributed by atoms with Gasteiger partial charge in [0.2, 0.25) is 0 Å². The highest BCUT2D eigenvalue weighted by molar-refractivity contribution is 7.09. The van der Waals surface area contributed by atoms with E-state index < -0.39 is 0 Å². The Balaban J connectivity index is 2.29. The lowest BCUT2D eigenvalue weighted by Gasteiger charge is -2.00. The summed E-state index contributed by atoms with van der Waals surface area (Å²) in [4.78, 5) is 4.52. The molecule has 0 aliphatic rings. The van der Waals surface area contributed by atoms with E-state index in [1.807, 2.05) is 0 Å². The van der Waals surface area contributed by atoms with Crippen LogP contribution in [0.4, 0.5) is 0 Å². The van der Waals surface area contributed by atoms with Crippen molar-refractivity contribution in [2.24, 2.45) is 0 Å². The zero-order chi connectivity index (χ0) is 10.4. The van der Waals surface area contributed by atoms with Crippen LogP contribution in [0.3, 0.4) is 0 Å². The van der Waals surface area contributed by atoms with Gasteiger partial charge in [-0.2, -0.15) is 0 Å². The number of methoxy groups -OCH3 is 1. The van der Waals surface area contributed by atoms with E-state index in [1.165, 1.54) is 5.69 Å². The van der Waals surface area contributed by atoms with Crippen LogP contribution in [-0.2, 0) is 11.3 Å². The van der Waals surface area contributed by atoms with Crippen molar-refractivity contribution in [2.75, 3.05) is 20.3 Å². The molecular formula is C10H18N2OS. The van der Waals surface area contributed by atoms with Gasteiger partial charge < -0.3 is 10.1 Å². The first-order chi connectivity index (χ1) is 6.74. The van der Waals surface area contributed by atoms with Crippen LogP contribution in [0.15, 0.2) is 5.38 Å². The van der Waals surface area contributed by atoms with E-state index in [1.54, 1.807) is 18.4 Å². The lowest BCUT2D eigenvalue weighted by Crippen LogP contribution is -2.18. The minimum Gasteiger partial charge on any atom is -0.383 e. The van der Waals surface area contributed by atoms with Crippen LogP contribution < -0.4 is 5.32 Å². The van der Waals surface area contributed by atoms with Crippen molar-refractivity contribution in [3.05, 3.63) is 16.1 Å². The van der Waals surface area contributed by atoms with Gasteiger partial charge in [0.15, 0.2) is 0 Å².